The van der Waals surface area contributed by atoms with Gasteiger partial charge in [-0.3, -0.25) is 4.79 Å². The maximum absolute atomic E-state index is 11.7. The number of aliphatic carboxylic acids is 1. The Bertz CT molecular complexity index is 628. The molecule has 0 aliphatic carbocycles. The van der Waals surface area contributed by atoms with E-state index in [4.69, 9.17) is 21.5 Å². The van der Waals surface area contributed by atoms with Gasteiger partial charge in [0.25, 0.3) is 0 Å². The number of carboxylic acids is 1. The Hall–Kier alpha value is -1.84. The monoisotopic (exact) mass is 336 g/mol. The number of carbonyl (C=O) groups is 1. The minimum absolute atomic E-state index is 0.119. The van der Waals surface area contributed by atoms with Crippen molar-refractivity contribution in [3.05, 3.63) is 17.3 Å². The topological polar surface area (TPSA) is 146 Å². The van der Waals surface area contributed by atoms with Crippen molar-refractivity contribution in [3.63, 3.8) is 0 Å². The molecule has 2 atom stereocenters. The molecule has 7 N–H and O–H groups in total. The molecule has 1 aromatic rings. The van der Waals surface area contributed by atoms with Crippen molar-refractivity contribution in [2.45, 2.75) is 38.5 Å². The number of pyridine rings is 1. The average Bonchev–Trinajstić information content (AvgIpc) is 2.81. The van der Waals surface area contributed by atoms with Gasteiger partial charge in [-0.2, -0.15) is 0 Å². The first kappa shape index (κ1) is 18.5. The van der Waals surface area contributed by atoms with E-state index < -0.39 is 18.6 Å². The van der Waals surface area contributed by atoms with Gasteiger partial charge < -0.3 is 31.5 Å². The van der Waals surface area contributed by atoms with Gasteiger partial charge in [-0.25, -0.2) is 4.98 Å². The summed E-state index contributed by atoms with van der Waals surface area (Å²) in [6.07, 6.45) is 1.16. The van der Waals surface area contributed by atoms with Crippen LogP contribution in [-0.4, -0.2) is 51.9 Å². The Morgan fingerprint density at radius 1 is 1.50 bits per heavy atom. The molecule has 2 rings (SSSR count). The number of nitrogen functional groups attached to an aromatic ring is 1. The molecular formula is C15H25BN4O4. The summed E-state index contributed by atoms with van der Waals surface area (Å²) in [4.78, 5) is 18.0. The van der Waals surface area contributed by atoms with E-state index in [1.807, 2.05) is 24.8 Å². The normalized spacial score (nSPS) is 23.5. The Balaban J connectivity index is 2.23. The maximum atomic E-state index is 11.7. The Labute approximate surface area is 141 Å². The molecule has 0 unspecified atom stereocenters. The molecule has 0 bridgehead atoms. The predicted octanol–water partition coefficient (Wildman–Crippen LogP) is -0.248. The van der Waals surface area contributed by atoms with Crippen molar-refractivity contribution in [2.75, 3.05) is 23.7 Å². The molecule has 1 fully saturated rings. The molecule has 0 spiro atoms. The molecule has 1 saturated heterocycles. The number of carboxylic acid groups (broad SMARTS) is 1. The fraction of sp³-hybridized carbons (Fsp3) is 0.600. The second kappa shape index (κ2) is 6.96. The SMILES string of the molecule is Cc1cc(N)c(N2C[C@H](CCCB(O)O)[C@](N)(C(=O)O)C2)nc1C. The third-order valence-corrected chi connectivity index (χ3v) is 4.81. The second-order valence-corrected chi connectivity index (χ2v) is 6.64. The van der Waals surface area contributed by atoms with Gasteiger partial charge in [0.2, 0.25) is 0 Å². The van der Waals surface area contributed by atoms with E-state index in [-0.39, 0.29) is 18.8 Å². The number of hydrogen-bond acceptors (Lipinski definition) is 7. The highest BCUT2D eigenvalue weighted by atomic mass is 16.4. The van der Waals surface area contributed by atoms with Gasteiger partial charge in [-0.1, -0.05) is 6.42 Å². The van der Waals surface area contributed by atoms with Crippen molar-refractivity contribution in [1.82, 2.24) is 4.98 Å². The van der Waals surface area contributed by atoms with Crippen LogP contribution in [-0.2, 0) is 4.79 Å². The molecule has 1 aliphatic heterocycles. The van der Waals surface area contributed by atoms with Crippen LogP contribution in [0.5, 0.6) is 0 Å². The van der Waals surface area contributed by atoms with Gasteiger partial charge >= 0.3 is 13.1 Å². The Morgan fingerprint density at radius 3 is 2.75 bits per heavy atom. The lowest BCUT2D eigenvalue weighted by Crippen LogP contribution is -2.54. The van der Waals surface area contributed by atoms with Crippen LogP contribution in [0.2, 0.25) is 6.32 Å². The molecule has 9 heteroatoms. The third kappa shape index (κ3) is 3.63. The highest BCUT2D eigenvalue weighted by Gasteiger charge is 2.49. The Kier molecular flexibility index (Phi) is 5.37. The predicted molar refractivity (Wildman–Crippen MR) is 92.6 cm³/mol. The van der Waals surface area contributed by atoms with E-state index in [0.29, 0.717) is 30.9 Å². The number of anilines is 2. The lowest BCUT2D eigenvalue weighted by atomic mass is 9.78. The number of rotatable bonds is 6. The van der Waals surface area contributed by atoms with E-state index in [1.165, 1.54) is 0 Å². The minimum Gasteiger partial charge on any atom is -0.480 e. The lowest BCUT2D eigenvalue weighted by molar-refractivity contribution is -0.144. The largest absolute Gasteiger partial charge is 0.480 e. The van der Waals surface area contributed by atoms with Crippen LogP contribution in [0.25, 0.3) is 0 Å². The minimum atomic E-state index is -1.41. The van der Waals surface area contributed by atoms with Crippen molar-refractivity contribution in [1.29, 1.82) is 0 Å². The first-order chi connectivity index (χ1) is 11.1. The zero-order valence-electron chi connectivity index (χ0n) is 14.1. The molecule has 132 valence electrons. The molecule has 0 radical (unpaired) electrons. The zero-order chi connectivity index (χ0) is 18.1. The van der Waals surface area contributed by atoms with E-state index in [9.17, 15) is 9.90 Å². The highest BCUT2D eigenvalue weighted by Crippen LogP contribution is 2.35. The van der Waals surface area contributed by atoms with Gasteiger partial charge in [0.05, 0.1) is 5.69 Å². The molecular weight excluding hydrogens is 311 g/mol. The van der Waals surface area contributed by atoms with Crippen LogP contribution in [0, 0.1) is 19.8 Å². The van der Waals surface area contributed by atoms with E-state index in [1.54, 1.807) is 0 Å². The summed E-state index contributed by atoms with van der Waals surface area (Å²) in [7, 11) is -1.39. The summed E-state index contributed by atoms with van der Waals surface area (Å²) in [5.74, 6) is -0.836. The molecule has 24 heavy (non-hydrogen) atoms. The van der Waals surface area contributed by atoms with Crippen molar-refractivity contribution >= 4 is 24.6 Å². The van der Waals surface area contributed by atoms with E-state index in [0.717, 1.165) is 11.3 Å². The van der Waals surface area contributed by atoms with Gasteiger partial charge in [0.1, 0.15) is 5.54 Å². The average molecular weight is 336 g/mol. The van der Waals surface area contributed by atoms with Crippen LogP contribution in [0.1, 0.15) is 24.1 Å². The summed E-state index contributed by atoms with van der Waals surface area (Å²) >= 11 is 0. The van der Waals surface area contributed by atoms with E-state index in [2.05, 4.69) is 4.98 Å². The molecule has 1 aromatic heterocycles. The number of hydrogen-bond donors (Lipinski definition) is 5. The number of aromatic nitrogens is 1. The third-order valence-electron chi connectivity index (χ3n) is 4.81. The molecule has 0 saturated carbocycles. The molecule has 8 nitrogen and oxygen atoms in total. The van der Waals surface area contributed by atoms with Crippen molar-refractivity contribution in [2.24, 2.45) is 11.7 Å². The molecule has 1 aliphatic rings. The molecule has 2 heterocycles. The second-order valence-electron chi connectivity index (χ2n) is 6.64. The summed E-state index contributed by atoms with van der Waals surface area (Å²) in [5, 5.41) is 27.5. The number of nitrogens with two attached hydrogens (primary N) is 2. The maximum Gasteiger partial charge on any atom is 0.451 e. The summed E-state index contributed by atoms with van der Waals surface area (Å²) in [5.41, 5.74) is 13.1. The standard InChI is InChI=1S/C15H25BN4O4/c1-9-6-12(17)13(19-10(9)2)20-7-11(4-3-5-16(23)24)15(18,8-20)14(21)22/h6,11,23-24H,3-5,7-8,17-18H2,1-2H3,(H,21,22)/t11-,15-/m0/s1. The van der Waals surface area contributed by atoms with Crippen molar-refractivity contribution in [3.8, 4) is 0 Å². The van der Waals surface area contributed by atoms with Gasteiger partial charge in [-0.15, -0.1) is 0 Å². The first-order valence-electron chi connectivity index (χ1n) is 8.02. The fourth-order valence-corrected chi connectivity index (χ4v) is 3.20. The summed E-state index contributed by atoms with van der Waals surface area (Å²) < 4.78 is 0. The van der Waals surface area contributed by atoms with Gasteiger partial charge in [0.15, 0.2) is 5.82 Å². The van der Waals surface area contributed by atoms with Gasteiger partial charge in [0, 0.05) is 24.7 Å². The van der Waals surface area contributed by atoms with E-state index >= 15 is 0 Å². The van der Waals surface area contributed by atoms with Crippen LogP contribution in [0.4, 0.5) is 11.5 Å². The van der Waals surface area contributed by atoms with Crippen LogP contribution >= 0.6 is 0 Å². The smallest absolute Gasteiger partial charge is 0.451 e. The highest BCUT2D eigenvalue weighted by molar-refractivity contribution is 6.40. The fourth-order valence-electron chi connectivity index (χ4n) is 3.20. The van der Waals surface area contributed by atoms with Crippen LogP contribution < -0.4 is 16.4 Å². The van der Waals surface area contributed by atoms with Crippen LogP contribution in [0.3, 0.4) is 0 Å². The summed E-state index contributed by atoms with van der Waals surface area (Å²) in [6.45, 7) is 4.33. The van der Waals surface area contributed by atoms with Crippen LogP contribution in [0.15, 0.2) is 6.07 Å². The van der Waals surface area contributed by atoms with Crippen molar-refractivity contribution < 1.29 is 19.9 Å². The number of nitrogens with zero attached hydrogens (tertiary/aromatic N) is 2. The Morgan fingerprint density at radius 2 is 2.17 bits per heavy atom. The lowest BCUT2D eigenvalue weighted by Gasteiger charge is -2.25. The first-order valence-corrected chi connectivity index (χ1v) is 8.02. The number of aryl methyl sites for hydroxylation is 2. The molecule has 0 aromatic carbocycles. The quantitative estimate of drug-likeness (QED) is 0.447. The zero-order valence-corrected chi connectivity index (χ0v) is 14.1. The van der Waals surface area contributed by atoms with Gasteiger partial charge in [-0.05, 0) is 38.2 Å². The molecule has 0 amide bonds. The summed E-state index contributed by atoms with van der Waals surface area (Å²) in [6, 6.07) is 1.83.